The Morgan fingerprint density at radius 2 is 2.05 bits per heavy atom. The van der Waals surface area contributed by atoms with Crippen LogP contribution in [0.1, 0.15) is 38.2 Å². The molecule has 3 N–H and O–H groups in total. The van der Waals surface area contributed by atoms with Crippen LogP contribution < -0.4 is 11.1 Å². The molecule has 0 radical (unpaired) electrons. The van der Waals surface area contributed by atoms with Gasteiger partial charge in [-0.25, -0.2) is 4.99 Å². The molecule has 0 bridgehead atoms. The smallest absolute Gasteiger partial charge is 0.224 e. The number of nitrogens with one attached hydrogen (secondary N) is 1. The van der Waals surface area contributed by atoms with E-state index in [1.807, 2.05) is 43.1 Å². The molecule has 114 valence electrons. The molecule has 1 amide bonds. The van der Waals surface area contributed by atoms with Crippen molar-refractivity contribution in [2.24, 2.45) is 10.7 Å². The van der Waals surface area contributed by atoms with Crippen LogP contribution in [-0.4, -0.2) is 29.9 Å². The van der Waals surface area contributed by atoms with Crippen LogP contribution in [-0.2, 0) is 11.3 Å². The first-order valence-corrected chi connectivity index (χ1v) is 7.51. The molecule has 21 heavy (non-hydrogen) atoms. The molecule has 1 aliphatic rings. The Kier molecular flexibility index (Phi) is 5.20. The summed E-state index contributed by atoms with van der Waals surface area (Å²) in [5, 5.41) is 2.87. The van der Waals surface area contributed by atoms with E-state index in [1.54, 1.807) is 0 Å². The summed E-state index contributed by atoms with van der Waals surface area (Å²) < 4.78 is 0. The van der Waals surface area contributed by atoms with Crippen molar-refractivity contribution in [1.29, 1.82) is 0 Å². The third-order valence-electron chi connectivity index (χ3n) is 3.59. The maximum atomic E-state index is 11.5. The van der Waals surface area contributed by atoms with Crippen LogP contribution in [0.25, 0.3) is 0 Å². The van der Waals surface area contributed by atoms with Gasteiger partial charge in [0.2, 0.25) is 5.91 Å². The highest BCUT2D eigenvalue weighted by Crippen LogP contribution is 2.24. The van der Waals surface area contributed by atoms with E-state index in [0.29, 0.717) is 25.0 Å². The van der Waals surface area contributed by atoms with Gasteiger partial charge in [0.15, 0.2) is 5.96 Å². The Bertz CT molecular complexity index is 506. The first kappa shape index (κ1) is 15.4. The van der Waals surface area contributed by atoms with Gasteiger partial charge in [-0.3, -0.25) is 4.79 Å². The third kappa shape index (κ3) is 4.77. The van der Waals surface area contributed by atoms with Crippen LogP contribution >= 0.6 is 0 Å². The van der Waals surface area contributed by atoms with Crippen molar-refractivity contribution in [3.8, 4) is 0 Å². The summed E-state index contributed by atoms with van der Waals surface area (Å²) in [6.07, 6.45) is 3.82. The lowest BCUT2D eigenvalue weighted by Crippen LogP contribution is -2.35. The maximum Gasteiger partial charge on any atom is 0.224 e. The molecular weight excluding hydrogens is 264 g/mol. The van der Waals surface area contributed by atoms with E-state index < -0.39 is 0 Å². The van der Waals surface area contributed by atoms with E-state index in [1.165, 1.54) is 12.8 Å². The predicted molar refractivity (Wildman–Crippen MR) is 86.1 cm³/mol. The van der Waals surface area contributed by atoms with Gasteiger partial charge in [0.1, 0.15) is 0 Å². The zero-order chi connectivity index (χ0) is 15.2. The molecule has 1 aromatic carbocycles. The standard InChI is InChI=1S/C16H24N4O/c1-3-4-15(21)19-13-7-5-12(6-8-13)11-18-16(17)20(2)14-9-10-14/h5-8,14H,3-4,9-11H2,1-2H3,(H2,17,18)(H,19,21). The SMILES string of the molecule is CCCC(=O)Nc1ccc(CN=C(N)N(C)C2CC2)cc1. The summed E-state index contributed by atoms with van der Waals surface area (Å²) >= 11 is 0. The largest absolute Gasteiger partial charge is 0.370 e. The number of guanidine groups is 1. The molecule has 1 aliphatic carbocycles. The molecule has 5 heteroatoms. The second-order valence-electron chi connectivity index (χ2n) is 5.51. The molecule has 0 unspecified atom stereocenters. The fraction of sp³-hybridized carbons (Fsp3) is 0.500. The van der Waals surface area contributed by atoms with Crippen molar-refractivity contribution < 1.29 is 4.79 Å². The molecule has 0 saturated heterocycles. The fourth-order valence-corrected chi connectivity index (χ4v) is 2.08. The quantitative estimate of drug-likeness (QED) is 0.623. The Balaban J connectivity index is 1.87. The number of nitrogens with two attached hydrogens (primary N) is 1. The zero-order valence-electron chi connectivity index (χ0n) is 12.8. The molecule has 5 nitrogen and oxygen atoms in total. The zero-order valence-corrected chi connectivity index (χ0v) is 12.8. The summed E-state index contributed by atoms with van der Waals surface area (Å²) in [5.41, 5.74) is 7.86. The van der Waals surface area contributed by atoms with Crippen molar-refractivity contribution >= 4 is 17.6 Å². The number of rotatable bonds is 6. The van der Waals surface area contributed by atoms with Gasteiger partial charge in [0.05, 0.1) is 6.54 Å². The average molecular weight is 288 g/mol. The van der Waals surface area contributed by atoms with Crippen LogP contribution in [0.5, 0.6) is 0 Å². The lowest BCUT2D eigenvalue weighted by molar-refractivity contribution is -0.116. The van der Waals surface area contributed by atoms with Crippen molar-refractivity contribution in [3.63, 3.8) is 0 Å². The summed E-state index contributed by atoms with van der Waals surface area (Å²) in [4.78, 5) is 18.0. The summed E-state index contributed by atoms with van der Waals surface area (Å²) in [6, 6.07) is 8.31. The second-order valence-corrected chi connectivity index (χ2v) is 5.51. The fourth-order valence-electron chi connectivity index (χ4n) is 2.08. The molecule has 0 spiro atoms. The van der Waals surface area contributed by atoms with Crippen molar-refractivity contribution in [3.05, 3.63) is 29.8 Å². The summed E-state index contributed by atoms with van der Waals surface area (Å²) in [5.74, 6) is 0.649. The number of hydrogen-bond acceptors (Lipinski definition) is 2. The van der Waals surface area contributed by atoms with Gasteiger partial charge in [0, 0.05) is 25.2 Å². The number of benzene rings is 1. The van der Waals surface area contributed by atoms with Crippen molar-refractivity contribution in [2.75, 3.05) is 12.4 Å². The number of amides is 1. The minimum atomic E-state index is 0.0542. The van der Waals surface area contributed by atoms with Gasteiger partial charge in [-0.1, -0.05) is 19.1 Å². The minimum Gasteiger partial charge on any atom is -0.370 e. The van der Waals surface area contributed by atoms with E-state index >= 15 is 0 Å². The minimum absolute atomic E-state index is 0.0542. The molecule has 1 aromatic rings. The van der Waals surface area contributed by atoms with Gasteiger partial charge in [-0.15, -0.1) is 0 Å². The van der Waals surface area contributed by atoms with E-state index in [2.05, 4.69) is 10.3 Å². The molecule has 0 heterocycles. The summed E-state index contributed by atoms with van der Waals surface area (Å²) in [7, 11) is 1.99. The average Bonchev–Trinajstić information content (AvgIpc) is 3.30. The van der Waals surface area contributed by atoms with Crippen LogP contribution in [0.15, 0.2) is 29.3 Å². The Morgan fingerprint density at radius 3 is 2.62 bits per heavy atom. The molecule has 0 aliphatic heterocycles. The molecule has 1 saturated carbocycles. The van der Waals surface area contributed by atoms with Gasteiger partial charge in [0.25, 0.3) is 0 Å². The highest BCUT2D eigenvalue weighted by Gasteiger charge is 2.27. The third-order valence-corrected chi connectivity index (χ3v) is 3.59. The van der Waals surface area contributed by atoms with E-state index in [0.717, 1.165) is 17.7 Å². The first-order chi connectivity index (χ1) is 10.1. The number of carbonyl (C=O) groups excluding carboxylic acids is 1. The summed E-state index contributed by atoms with van der Waals surface area (Å²) in [6.45, 7) is 2.55. The van der Waals surface area contributed by atoms with E-state index in [9.17, 15) is 4.79 Å². The number of nitrogens with zero attached hydrogens (tertiary/aromatic N) is 2. The monoisotopic (exact) mass is 288 g/mol. The van der Waals surface area contributed by atoms with E-state index in [-0.39, 0.29) is 5.91 Å². The van der Waals surface area contributed by atoms with Gasteiger partial charge in [-0.2, -0.15) is 0 Å². The number of carbonyl (C=O) groups is 1. The van der Waals surface area contributed by atoms with Crippen LogP contribution in [0, 0.1) is 0 Å². The van der Waals surface area contributed by atoms with Crippen molar-refractivity contribution in [1.82, 2.24) is 4.90 Å². The van der Waals surface area contributed by atoms with Crippen LogP contribution in [0.2, 0.25) is 0 Å². The predicted octanol–water partition coefficient (Wildman–Crippen LogP) is 2.33. The number of anilines is 1. The topological polar surface area (TPSA) is 70.7 Å². The highest BCUT2D eigenvalue weighted by molar-refractivity contribution is 5.90. The normalized spacial score (nSPS) is 14.9. The first-order valence-electron chi connectivity index (χ1n) is 7.51. The highest BCUT2D eigenvalue weighted by atomic mass is 16.1. The maximum absolute atomic E-state index is 11.5. The van der Waals surface area contributed by atoms with Crippen LogP contribution in [0.3, 0.4) is 0 Å². The number of hydrogen-bond donors (Lipinski definition) is 2. The molecule has 0 aromatic heterocycles. The Labute approximate surface area is 126 Å². The van der Waals surface area contributed by atoms with Gasteiger partial charge >= 0.3 is 0 Å². The second kappa shape index (κ2) is 7.11. The van der Waals surface area contributed by atoms with Gasteiger partial charge in [-0.05, 0) is 37.0 Å². The Morgan fingerprint density at radius 1 is 1.38 bits per heavy atom. The molecule has 0 atom stereocenters. The van der Waals surface area contributed by atoms with Crippen molar-refractivity contribution in [2.45, 2.75) is 45.2 Å². The lowest BCUT2D eigenvalue weighted by Gasteiger charge is -2.16. The van der Waals surface area contributed by atoms with Gasteiger partial charge < -0.3 is 16.0 Å². The van der Waals surface area contributed by atoms with Crippen LogP contribution in [0.4, 0.5) is 5.69 Å². The Hall–Kier alpha value is -2.04. The molecule has 1 fully saturated rings. The lowest BCUT2D eigenvalue weighted by atomic mass is 10.2. The molecular formula is C16H24N4O. The van der Waals surface area contributed by atoms with E-state index in [4.69, 9.17) is 5.73 Å². The molecule has 2 rings (SSSR count). The number of aliphatic imine (C=N–C) groups is 1.